The van der Waals surface area contributed by atoms with Crippen molar-refractivity contribution in [3.05, 3.63) is 102 Å². The van der Waals surface area contributed by atoms with Crippen LogP contribution < -0.4 is 5.32 Å². The second-order valence-corrected chi connectivity index (χ2v) is 7.41. The monoisotopic (exact) mass is 404 g/mol. The number of fused-ring (bicyclic) bond motifs is 1. The van der Waals surface area contributed by atoms with Gasteiger partial charge < -0.3 is 10.3 Å². The average Bonchev–Trinajstić information content (AvgIpc) is 3.26. The maximum absolute atomic E-state index is 12.3. The van der Waals surface area contributed by atoms with Gasteiger partial charge in [-0.25, -0.2) is 4.98 Å². The molecule has 5 nitrogen and oxygen atoms in total. The lowest BCUT2D eigenvalue weighted by molar-refractivity contribution is 0.102. The molecular weight excluding hydrogens is 384 g/mol. The predicted octanol–water partition coefficient (Wildman–Crippen LogP) is 5.85. The Hall–Kier alpha value is -4.25. The van der Waals surface area contributed by atoms with E-state index in [1.54, 1.807) is 24.5 Å². The van der Waals surface area contributed by atoms with Gasteiger partial charge in [0.25, 0.3) is 5.91 Å². The maximum Gasteiger partial charge on any atom is 0.257 e. The highest BCUT2D eigenvalue weighted by Gasteiger charge is 2.09. The van der Waals surface area contributed by atoms with E-state index in [1.807, 2.05) is 42.5 Å². The van der Waals surface area contributed by atoms with Crippen LogP contribution in [0.15, 0.2) is 91.3 Å². The van der Waals surface area contributed by atoms with Gasteiger partial charge in [0.1, 0.15) is 5.82 Å². The van der Waals surface area contributed by atoms with Gasteiger partial charge in [-0.1, -0.05) is 42.5 Å². The number of carbonyl (C=O) groups is 1. The van der Waals surface area contributed by atoms with Crippen LogP contribution in [0.4, 0.5) is 5.69 Å². The van der Waals surface area contributed by atoms with Crippen molar-refractivity contribution in [3.63, 3.8) is 0 Å². The number of aromatic amines is 1. The largest absolute Gasteiger partial charge is 0.338 e. The topological polar surface area (TPSA) is 70.7 Å². The van der Waals surface area contributed by atoms with E-state index in [0.29, 0.717) is 5.56 Å². The second-order valence-electron chi connectivity index (χ2n) is 7.41. The van der Waals surface area contributed by atoms with Crippen molar-refractivity contribution in [3.8, 4) is 22.5 Å². The van der Waals surface area contributed by atoms with Gasteiger partial charge in [0.2, 0.25) is 0 Å². The number of rotatable bonds is 4. The summed E-state index contributed by atoms with van der Waals surface area (Å²) < 4.78 is 0. The molecule has 1 amide bonds. The highest BCUT2D eigenvalue weighted by molar-refractivity contribution is 6.04. The summed E-state index contributed by atoms with van der Waals surface area (Å²) in [6.45, 7) is 2.07. The van der Waals surface area contributed by atoms with Crippen molar-refractivity contribution < 1.29 is 4.79 Å². The number of pyridine rings is 1. The molecule has 0 aliphatic heterocycles. The molecule has 0 saturated carbocycles. The summed E-state index contributed by atoms with van der Waals surface area (Å²) >= 11 is 0. The molecular formula is C26H20N4O. The highest BCUT2D eigenvalue weighted by Crippen LogP contribution is 2.28. The summed E-state index contributed by atoms with van der Waals surface area (Å²) in [4.78, 5) is 24.5. The van der Waals surface area contributed by atoms with E-state index >= 15 is 0 Å². The van der Waals surface area contributed by atoms with Crippen molar-refractivity contribution in [2.45, 2.75) is 6.92 Å². The zero-order valence-electron chi connectivity index (χ0n) is 17.0. The molecule has 150 valence electrons. The van der Waals surface area contributed by atoms with Crippen LogP contribution in [0, 0.1) is 6.92 Å². The van der Waals surface area contributed by atoms with E-state index in [0.717, 1.165) is 44.8 Å². The molecule has 2 N–H and O–H groups in total. The molecule has 0 bridgehead atoms. The van der Waals surface area contributed by atoms with E-state index < -0.39 is 0 Å². The predicted molar refractivity (Wildman–Crippen MR) is 124 cm³/mol. The molecule has 0 radical (unpaired) electrons. The molecule has 31 heavy (non-hydrogen) atoms. The van der Waals surface area contributed by atoms with Crippen molar-refractivity contribution in [2.24, 2.45) is 0 Å². The van der Waals surface area contributed by atoms with Gasteiger partial charge in [0, 0.05) is 23.6 Å². The number of aryl methyl sites for hydroxylation is 1. The molecule has 2 heterocycles. The van der Waals surface area contributed by atoms with Gasteiger partial charge in [-0.3, -0.25) is 9.78 Å². The molecule has 0 aliphatic carbocycles. The van der Waals surface area contributed by atoms with Gasteiger partial charge in [-0.05, 0) is 60.0 Å². The first-order valence-corrected chi connectivity index (χ1v) is 10.0. The number of H-pyrrole nitrogens is 1. The van der Waals surface area contributed by atoms with Crippen LogP contribution in [0.3, 0.4) is 0 Å². The second kappa shape index (κ2) is 7.88. The lowest BCUT2D eigenvalue weighted by atomic mass is 10.0. The van der Waals surface area contributed by atoms with Gasteiger partial charge in [0.05, 0.1) is 16.6 Å². The van der Waals surface area contributed by atoms with Crippen LogP contribution in [0.1, 0.15) is 15.9 Å². The number of para-hydroxylation sites is 1. The number of aromatic nitrogens is 3. The smallest absolute Gasteiger partial charge is 0.257 e. The summed E-state index contributed by atoms with van der Waals surface area (Å²) in [7, 11) is 0. The normalized spacial score (nSPS) is 10.9. The Labute approximate surface area is 179 Å². The van der Waals surface area contributed by atoms with Crippen LogP contribution in [0.5, 0.6) is 0 Å². The number of nitrogens with one attached hydrogen (secondary N) is 2. The molecule has 0 aliphatic rings. The first-order chi connectivity index (χ1) is 15.2. The van der Waals surface area contributed by atoms with E-state index in [9.17, 15) is 4.79 Å². The minimum absolute atomic E-state index is 0.178. The molecule has 5 heteroatoms. The third-order valence-corrected chi connectivity index (χ3v) is 5.25. The standard InChI is InChI=1S/C26H20N4O/c1-17-5-2-9-23-24(17)30-25(29-23)20-7-3-6-19(15-20)18-10-12-22(13-11-18)28-26(31)21-8-4-14-27-16-21/h2-16H,1H3,(H,28,31)(H,29,30). The fourth-order valence-electron chi connectivity index (χ4n) is 3.60. The minimum Gasteiger partial charge on any atom is -0.338 e. The zero-order chi connectivity index (χ0) is 21.2. The molecule has 0 spiro atoms. The van der Waals surface area contributed by atoms with Gasteiger partial charge >= 0.3 is 0 Å². The fraction of sp³-hybridized carbons (Fsp3) is 0.0385. The highest BCUT2D eigenvalue weighted by atomic mass is 16.1. The summed E-state index contributed by atoms with van der Waals surface area (Å²) in [5, 5.41) is 2.90. The van der Waals surface area contributed by atoms with Crippen molar-refractivity contribution in [1.29, 1.82) is 0 Å². The van der Waals surface area contributed by atoms with Crippen molar-refractivity contribution >= 4 is 22.6 Å². The Kier molecular flexibility index (Phi) is 4.77. The number of benzene rings is 3. The van der Waals surface area contributed by atoms with Gasteiger partial charge in [-0.2, -0.15) is 0 Å². The molecule has 0 saturated heterocycles. The summed E-state index contributed by atoms with van der Waals surface area (Å²) in [5.41, 5.74) is 7.63. The molecule has 3 aromatic carbocycles. The zero-order valence-corrected chi connectivity index (χ0v) is 17.0. The maximum atomic E-state index is 12.3. The third-order valence-electron chi connectivity index (χ3n) is 5.25. The Morgan fingerprint density at radius 2 is 1.68 bits per heavy atom. The molecule has 0 atom stereocenters. The first kappa shape index (κ1) is 18.8. The number of nitrogens with zero attached hydrogens (tertiary/aromatic N) is 2. The number of hydrogen-bond donors (Lipinski definition) is 2. The van der Waals surface area contributed by atoms with E-state index in [2.05, 4.69) is 46.5 Å². The van der Waals surface area contributed by atoms with Crippen LogP contribution in [0.25, 0.3) is 33.5 Å². The Balaban J connectivity index is 1.39. The molecule has 5 aromatic rings. The molecule has 0 unspecified atom stereocenters. The Morgan fingerprint density at radius 3 is 2.45 bits per heavy atom. The van der Waals surface area contributed by atoms with E-state index in [1.165, 1.54) is 0 Å². The number of carbonyl (C=O) groups excluding carboxylic acids is 1. The number of amides is 1. The summed E-state index contributed by atoms with van der Waals surface area (Å²) in [5.74, 6) is 0.675. The lowest BCUT2D eigenvalue weighted by Crippen LogP contribution is -2.11. The van der Waals surface area contributed by atoms with Crippen LogP contribution in [-0.4, -0.2) is 20.9 Å². The van der Waals surface area contributed by atoms with E-state index in [-0.39, 0.29) is 5.91 Å². The first-order valence-electron chi connectivity index (χ1n) is 10.0. The Bertz CT molecular complexity index is 1370. The number of anilines is 1. The fourth-order valence-corrected chi connectivity index (χ4v) is 3.60. The number of hydrogen-bond acceptors (Lipinski definition) is 3. The Morgan fingerprint density at radius 1 is 0.871 bits per heavy atom. The number of imidazole rings is 1. The minimum atomic E-state index is -0.178. The van der Waals surface area contributed by atoms with Crippen LogP contribution in [-0.2, 0) is 0 Å². The SMILES string of the molecule is Cc1cccc2[nH]c(-c3cccc(-c4ccc(NC(=O)c5cccnc5)cc4)c3)nc12. The molecule has 5 rings (SSSR count). The molecule has 0 fully saturated rings. The van der Waals surface area contributed by atoms with Gasteiger partial charge in [0.15, 0.2) is 0 Å². The lowest BCUT2D eigenvalue weighted by Gasteiger charge is -2.08. The molecule has 2 aromatic heterocycles. The summed E-state index contributed by atoms with van der Waals surface area (Å²) in [6, 6.07) is 25.7. The van der Waals surface area contributed by atoms with Crippen LogP contribution >= 0.6 is 0 Å². The van der Waals surface area contributed by atoms with E-state index in [4.69, 9.17) is 4.98 Å². The van der Waals surface area contributed by atoms with Gasteiger partial charge in [-0.15, -0.1) is 0 Å². The van der Waals surface area contributed by atoms with Crippen LogP contribution in [0.2, 0.25) is 0 Å². The van der Waals surface area contributed by atoms with Crippen molar-refractivity contribution in [1.82, 2.24) is 15.0 Å². The summed E-state index contributed by atoms with van der Waals surface area (Å²) in [6.07, 6.45) is 3.20. The quantitative estimate of drug-likeness (QED) is 0.394. The average molecular weight is 404 g/mol. The van der Waals surface area contributed by atoms with Crippen molar-refractivity contribution in [2.75, 3.05) is 5.32 Å². The third kappa shape index (κ3) is 3.81.